The fourth-order valence-electron chi connectivity index (χ4n) is 1.67. The van der Waals surface area contributed by atoms with Crippen LogP contribution in [-0.2, 0) is 33.9 Å². The van der Waals surface area contributed by atoms with E-state index in [1.165, 1.54) is 18.2 Å². The van der Waals surface area contributed by atoms with Crippen molar-refractivity contribution in [2.75, 3.05) is 0 Å². The van der Waals surface area contributed by atoms with Gasteiger partial charge in [-0.2, -0.15) is 0 Å². The van der Waals surface area contributed by atoms with Crippen molar-refractivity contribution < 1.29 is 49.2 Å². The van der Waals surface area contributed by atoms with Gasteiger partial charge < -0.3 is 15.3 Å². The number of carbonyl (C=O) groups is 3. The van der Waals surface area contributed by atoms with Gasteiger partial charge in [0.1, 0.15) is 17.3 Å². The Balaban J connectivity index is -0.000000240. The van der Waals surface area contributed by atoms with Crippen LogP contribution in [-0.4, -0.2) is 32.7 Å². The standard InChI is InChI=1S/3C11H20O2.Ru/c3*1-10(2,3)8(12)7-9(13)11(4,5)6;/h3*7,12H,1-6H3;/b3*8-7+;. The minimum Gasteiger partial charge on any atom is -0.512 e. The molecule has 3 N–H and O–H groups in total. The molecule has 0 aliphatic rings. The summed E-state index contributed by atoms with van der Waals surface area (Å²) in [5.41, 5.74) is -2.29. The molecule has 0 radical (unpaired) electrons. The first-order valence-electron chi connectivity index (χ1n) is 13.5. The van der Waals surface area contributed by atoms with E-state index in [1.54, 1.807) is 0 Å². The summed E-state index contributed by atoms with van der Waals surface area (Å²) in [6.07, 6.45) is 4.00. The number of rotatable bonds is 3. The molecular weight excluding hydrogens is 593 g/mol. The van der Waals surface area contributed by atoms with Gasteiger partial charge in [-0.15, -0.1) is 0 Å². The van der Waals surface area contributed by atoms with E-state index in [0.29, 0.717) is 0 Å². The number of carbonyl (C=O) groups excluding carboxylic acids is 3. The van der Waals surface area contributed by atoms with E-state index in [9.17, 15) is 29.7 Å². The van der Waals surface area contributed by atoms with Crippen molar-refractivity contribution in [2.45, 2.75) is 125 Å². The fraction of sp³-hybridized carbons (Fsp3) is 0.727. The second kappa shape index (κ2) is 16.0. The molecule has 236 valence electrons. The van der Waals surface area contributed by atoms with Crippen LogP contribution in [0.3, 0.4) is 0 Å². The van der Waals surface area contributed by atoms with Crippen molar-refractivity contribution in [1.82, 2.24) is 0 Å². The Hall–Kier alpha value is -1.75. The van der Waals surface area contributed by atoms with E-state index in [4.69, 9.17) is 0 Å². The third-order valence-electron chi connectivity index (χ3n) is 5.33. The van der Waals surface area contributed by atoms with E-state index in [0.717, 1.165) is 0 Å². The fourth-order valence-corrected chi connectivity index (χ4v) is 1.67. The Labute approximate surface area is 258 Å². The Bertz CT molecular complexity index is 801. The molecule has 0 rings (SSSR count). The first-order valence-corrected chi connectivity index (χ1v) is 13.5. The Morgan fingerprint density at radius 1 is 0.350 bits per heavy atom. The SMILES string of the molecule is CC(C)(C)C(=O)/C=C(/O)C(C)(C)C.CC(C)(C)C(=O)/C=C(/O)C(C)(C)C.CC(C)(C)C(=O)/C=C(/O)C(C)(C)C.[Ru]. The summed E-state index contributed by atoms with van der Waals surface area (Å²) in [4.78, 5) is 34.5. The summed E-state index contributed by atoms with van der Waals surface area (Å²) in [5.74, 6) is 0.312. The molecule has 0 atom stereocenters. The van der Waals surface area contributed by atoms with Gasteiger partial charge in [-0.1, -0.05) is 125 Å². The second-order valence-corrected chi connectivity index (χ2v) is 16.2. The number of ketones is 3. The first-order chi connectivity index (χ1) is 16.6. The molecule has 0 aliphatic carbocycles. The molecule has 0 heterocycles. The molecule has 0 aromatic heterocycles. The predicted molar refractivity (Wildman–Crippen MR) is 164 cm³/mol. The largest absolute Gasteiger partial charge is 0.512 e. The van der Waals surface area contributed by atoms with Crippen molar-refractivity contribution in [3.8, 4) is 0 Å². The number of aliphatic hydroxyl groups is 3. The number of aliphatic hydroxyl groups excluding tert-OH is 3. The normalized spacial score (nSPS) is 14.1. The molecule has 0 saturated heterocycles. The van der Waals surface area contributed by atoms with Gasteiger partial charge in [-0.05, 0) is 0 Å². The molecule has 40 heavy (non-hydrogen) atoms. The van der Waals surface area contributed by atoms with Gasteiger partial charge in [0.25, 0.3) is 0 Å². The van der Waals surface area contributed by atoms with Gasteiger partial charge in [-0.25, -0.2) is 0 Å². The van der Waals surface area contributed by atoms with Crippen molar-refractivity contribution in [3.05, 3.63) is 35.5 Å². The second-order valence-electron chi connectivity index (χ2n) is 16.2. The monoisotopic (exact) mass is 654 g/mol. The minimum absolute atomic E-state index is 0. The summed E-state index contributed by atoms with van der Waals surface area (Å²) in [5, 5.41) is 28.7. The quantitative estimate of drug-likeness (QED) is 0.159. The van der Waals surface area contributed by atoms with E-state index >= 15 is 0 Å². The minimum atomic E-state index is -0.417. The van der Waals surface area contributed by atoms with Crippen molar-refractivity contribution in [1.29, 1.82) is 0 Å². The van der Waals surface area contributed by atoms with Crippen LogP contribution in [0.4, 0.5) is 0 Å². The van der Waals surface area contributed by atoms with E-state index in [-0.39, 0.29) is 70.4 Å². The topological polar surface area (TPSA) is 112 Å². The maximum Gasteiger partial charge on any atom is 0.164 e. The summed E-state index contributed by atoms with van der Waals surface area (Å²) in [6, 6.07) is 0. The molecule has 0 aromatic carbocycles. The zero-order valence-electron chi connectivity index (χ0n) is 28.7. The van der Waals surface area contributed by atoms with Gasteiger partial charge in [0.05, 0.1) is 0 Å². The molecule has 0 aliphatic heterocycles. The summed E-state index contributed by atoms with van der Waals surface area (Å²) >= 11 is 0. The number of allylic oxidation sites excluding steroid dienone is 6. The molecule has 0 saturated carbocycles. The van der Waals surface area contributed by atoms with E-state index in [2.05, 4.69) is 0 Å². The van der Waals surface area contributed by atoms with Gasteiger partial charge in [-0.3, -0.25) is 14.4 Å². The van der Waals surface area contributed by atoms with Crippen molar-refractivity contribution >= 4 is 17.3 Å². The molecule has 6 nitrogen and oxygen atoms in total. The molecular formula is C33H60O6Ru. The third-order valence-corrected chi connectivity index (χ3v) is 5.33. The Morgan fingerprint density at radius 3 is 0.550 bits per heavy atom. The van der Waals surface area contributed by atoms with E-state index in [1.807, 2.05) is 125 Å². The van der Waals surface area contributed by atoms with Crippen LogP contribution in [0.5, 0.6) is 0 Å². The smallest absolute Gasteiger partial charge is 0.164 e. The maximum absolute atomic E-state index is 11.5. The van der Waals surface area contributed by atoms with E-state index < -0.39 is 16.2 Å². The molecule has 7 heteroatoms. The number of hydrogen-bond acceptors (Lipinski definition) is 6. The van der Waals surface area contributed by atoms with Crippen LogP contribution in [0.1, 0.15) is 125 Å². The third kappa shape index (κ3) is 21.1. The average molecular weight is 654 g/mol. The average Bonchev–Trinajstić information content (AvgIpc) is 2.64. The molecule has 0 aromatic rings. The summed E-state index contributed by atoms with van der Waals surface area (Å²) < 4.78 is 0. The van der Waals surface area contributed by atoms with Crippen LogP contribution in [0, 0.1) is 32.5 Å². The molecule has 0 fully saturated rings. The van der Waals surface area contributed by atoms with Crippen LogP contribution < -0.4 is 0 Å². The van der Waals surface area contributed by atoms with Crippen LogP contribution in [0.15, 0.2) is 35.5 Å². The van der Waals surface area contributed by atoms with Crippen LogP contribution in [0.25, 0.3) is 0 Å². The zero-order chi connectivity index (χ0) is 32.6. The van der Waals surface area contributed by atoms with Crippen molar-refractivity contribution in [2.24, 2.45) is 32.5 Å². The van der Waals surface area contributed by atoms with Gasteiger partial charge in [0.15, 0.2) is 17.3 Å². The summed E-state index contributed by atoms with van der Waals surface area (Å²) in [6.45, 7) is 33.3. The van der Waals surface area contributed by atoms with Gasteiger partial charge in [0.2, 0.25) is 0 Å². The van der Waals surface area contributed by atoms with Gasteiger partial charge in [0, 0.05) is 70.2 Å². The maximum atomic E-state index is 11.5. The molecule has 0 spiro atoms. The molecule has 0 bridgehead atoms. The van der Waals surface area contributed by atoms with Gasteiger partial charge >= 0.3 is 0 Å². The van der Waals surface area contributed by atoms with Crippen LogP contribution >= 0.6 is 0 Å². The zero-order valence-corrected chi connectivity index (χ0v) is 30.4. The summed E-state index contributed by atoms with van der Waals surface area (Å²) in [7, 11) is 0. The Morgan fingerprint density at radius 2 is 0.475 bits per heavy atom. The van der Waals surface area contributed by atoms with Crippen LogP contribution in [0.2, 0.25) is 0 Å². The molecule has 0 amide bonds. The Kier molecular flexibility index (Phi) is 18.1. The van der Waals surface area contributed by atoms with Crippen molar-refractivity contribution in [3.63, 3.8) is 0 Å². The predicted octanol–water partition coefficient (Wildman–Crippen LogP) is 9.27. The number of hydrogen-bond donors (Lipinski definition) is 3. The molecule has 0 unspecified atom stereocenters. The first kappa shape index (κ1) is 45.2.